The fourth-order valence-electron chi connectivity index (χ4n) is 0.230. The average molecular weight is 106 g/mol. The number of rotatable bonds is 1. The highest BCUT2D eigenvalue weighted by Gasteiger charge is 2.00. The van der Waals surface area contributed by atoms with Gasteiger partial charge in [-0.3, -0.25) is 0 Å². The van der Waals surface area contributed by atoms with Crippen molar-refractivity contribution < 1.29 is 8.78 Å². The van der Waals surface area contributed by atoms with Crippen LogP contribution in [0.4, 0.5) is 8.78 Å². The molecule has 0 radical (unpaired) electrons. The molecular formula is C5H8F2. The molecule has 0 spiro atoms. The van der Waals surface area contributed by atoms with Gasteiger partial charge in [0.1, 0.15) is 12.0 Å². The number of hydrogen-bond acceptors (Lipinski definition) is 0. The molecule has 0 amide bonds. The van der Waals surface area contributed by atoms with E-state index in [1.807, 2.05) is 0 Å². The molecule has 7 heavy (non-hydrogen) atoms. The fourth-order valence-corrected chi connectivity index (χ4v) is 0.230. The van der Waals surface area contributed by atoms with Gasteiger partial charge in [0.25, 0.3) is 0 Å². The monoisotopic (exact) mass is 106 g/mol. The first kappa shape index (κ1) is 6.60. The zero-order valence-corrected chi connectivity index (χ0v) is 4.41. The molecule has 0 aliphatic heterocycles. The Labute approximate surface area is 41.8 Å². The van der Waals surface area contributed by atoms with Gasteiger partial charge in [0.2, 0.25) is 0 Å². The van der Waals surface area contributed by atoms with Gasteiger partial charge in [0.15, 0.2) is 0 Å². The lowest BCUT2D eigenvalue weighted by Crippen LogP contribution is -1.90. The molecule has 0 saturated carbocycles. The van der Waals surface area contributed by atoms with Crippen molar-refractivity contribution in [3.8, 4) is 0 Å². The lowest BCUT2D eigenvalue weighted by atomic mass is 10.4. The summed E-state index contributed by atoms with van der Waals surface area (Å²) in [5.74, 6) is -0.694. The molecule has 42 valence electrons. The van der Waals surface area contributed by atoms with E-state index >= 15 is 0 Å². The van der Waals surface area contributed by atoms with E-state index in [-0.39, 0.29) is 0 Å². The number of halogens is 2. The summed E-state index contributed by atoms with van der Waals surface area (Å²) in [4.78, 5) is 0. The minimum absolute atomic E-state index is 0.694. The molecule has 0 aromatic carbocycles. The third-order valence-electron chi connectivity index (χ3n) is 0.656. The molecule has 0 aromatic rings. The van der Waals surface area contributed by atoms with Crippen LogP contribution in [0, 0.1) is 0 Å². The van der Waals surface area contributed by atoms with Gasteiger partial charge in [0, 0.05) is 0 Å². The molecule has 0 aromatic heterocycles. The SMILES string of the molecule is C/C=C(/F)[C@@H](C)F. The van der Waals surface area contributed by atoms with Gasteiger partial charge in [-0.05, 0) is 13.8 Å². The summed E-state index contributed by atoms with van der Waals surface area (Å²) in [6.45, 7) is 2.63. The van der Waals surface area contributed by atoms with Crippen LogP contribution in [-0.4, -0.2) is 6.17 Å². The van der Waals surface area contributed by atoms with E-state index < -0.39 is 12.0 Å². The van der Waals surface area contributed by atoms with Crippen molar-refractivity contribution in [1.29, 1.82) is 0 Å². The van der Waals surface area contributed by atoms with Gasteiger partial charge in [-0.15, -0.1) is 0 Å². The molecule has 0 nitrogen and oxygen atoms in total. The number of allylic oxidation sites excluding steroid dienone is 2. The maximum absolute atomic E-state index is 11.7. The second kappa shape index (κ2) is 2.72. The Morgan fingerprint density at radius 3 is 2.14 bits per heavy atom. The van der Waals surface area contributed by atoms with Crippen molar-refractivity contribution in [3.63, 3.8) is 0 Å². The average Bonchev–Trinajstić information content (AvgIpc) is 1.65. The molecule has 0 N–H and O–H groups in total. The van der Waals surface area contributed by atoms with Crippen LogP contribution >= 0.6 is 0 Å². The van der Waals surface area contributed by atoms with Gasteiger partial charge in [-0.25, -0.2) is 8.78 Å². The molecule has 0 heterocycles. The van der Waals surface area contributed by atoms with Crippen molar-refractivity contribution in [3.05, 3.63) is 11.9 Å². The van der Waals surface area contributed by atoms with Crippen LogP contribution in [0.15, 0.2) is 11.9 Å². The summed E-state index contributed by atoms with van der Waals surface area (Å²) in [6.07, 6.45) is -0.324. The quantitative estimate of drug-likeness (QED) is 0.480. The minimum atomic E-state index is -1.44. The van der Waals surface area contributed by atoms with E-state index in [2.05, 4.69) is 0 Å². The molecule has 0 aliphatic carbocycles. The Morgan fingerprint density at radius 1 is 1.71 bits per heavy atom. The third-order valence-corrected chi connectivity index (χ3v) is 0.656. The van der Waals surface area contributed by atoms with Crippen LogP contribution in [0.1, 0.15) is 13.8 Å². The summed E-state index contributed by atoms with van der Waals surface area (Å²) in [5.41, 5.74) is 0. The predicted octanol–water partition coefficient (Wildman–Crippen LogP) is 2.22. The number of hydrogen-bond donors (Lipinski definition) is 0. The van der Waals surface area contributed by atoms with E-state index in [0.717, 1.165) is 13.0 Å². The standard InChI is InChI=1S/C5H8F2/c1-3-5(7)4(2)6/h3-4H,1-2H3/b5-3+/t4-/m1/s1. The van der Waals surface area contributed by atoms with E-state index in [1.54, 1.807) is 0 Å². The van der Waals surface area contributed by atoms with E-state index in [9.17, 15) is 8.78 Å². The van der Waals surface area contributed by atoms with E-state index in [0.29, 0.717) is 0 Å². The second-order valence-corrected chi connectivity index (χ2v) is 1.29. The van der Waals surface area contributed by atoms with Gasteiger partial charge < -0.3 is 0 Å². The lowest BCUT2D eigenvalue weighted by Gasteiger charge is -1.91. The highest BCUT2D eigenvalue weighted by atomic mass is 19.2. The molecule has 0 aliphatic rings. The zero-order valence-electron chi connectivity index (χ0n) is 4.41. The highest BCUT2D eigenvalue weighted by Crippen LogP contribution is 2.05. The summed E-state index contributed by atoms with van der Waals surface area (Å²) < 4.78 is 23.4. The fraction of sp³-hybridized carbons (Fsp3) is 0.600. The summed E-state index contributed by atoms with van der Waals surface area (Å²) in [7, 11) is 0. The molecule has 0 saturated heterocycles. The molecule has 0 fully saturated rings. The first-order chi connectivity index (χ1) is 3.18. The number of alkyl halides is 1. The van der Waals surface area contributed by atoms with E-state index in [1.165, 1.54) is 6.92 Å². The maximum atomic E-state index is 11.7. The molecular weight excluding hydrogens is 98.1 g/mol. The minimum Gasteiger partial charge on any atom is -0.240 e. The Hall–Kier alpha value is -0.400. The van der Waals surface area contributed by atoms with Gasteiger partial charge in [-0.2, -0.15) is 0 Å². The van der Waals surface area contributed by atoms with Crippen LogP contribution in [0.25, 0.3) is 0 Å². The molecule has 0 bridgehead atoms. The summed E-state index contributed by atoms with van der Waals surface area (Å²) in [5, 5.41) is 0. The topological polar surface area (TPSA) is 0 Å². The largest absolute Gasteiger partial charge is 0.240 e. The lowest BCUT2D eigenvalue weighted by molar-refractivity contribution is 0.349. The van der Waals surface area contributed by atoms with Gasteiger partial charge in [0.05, 0.1) is 0 Å². The zero-order chi connectivity index (χ0) is 5.86. The molecule has 0 unspecified atom stereocenters. The Bertz CT molecular complexity index is 74.1. The Kier molecular flexibility index (Phi) is 2.56. The van der Waals surface area contributed by atoms with Gasteiger partial charge in [-0.1, -0.05) is 6.08 Å². The predicted molar refractivity (Wildman–Crippen MR) is 25.4 cm³/mol. The van der Waals surface area contributed by atoms with Crippen LogP contribution in [-0.2, 0) is 0 Å². The summed E-state index contributed by atoms with van der Waals surface area (Å²) in [6, 6.07) is 0. The Morgan fingerprint density at radius 2 is 2.14 bits per heavy atom. The van der Waals surface area contributed by atoms with Crippen molar-refractivity contribution in [2.24, 2.45) is 0 Å². The van der Waals surface area contributed by atoms with Crippen LogP contribution in [0.3, 0.4) is 0 Å². The van der Waals surface area contributed by atoms with Crippen LogP contribution in [0.2, 0.25) is 0 Å². The second-order valence-electron chi connectivity index (χ2n) is 1.29. The highest BCUT2D eigenvalue weighted by molar-refractivity contribution is 4.93. The van der Waals surface area contributed by atoms with Crippen LogP contribution < -0.4 is 0 Å². The van der Waals surface area contributed by atoms with Gasteiger partial charge >= 0.3 is 0 Å². The maximum Gasteiger partial charge on any atom is 0.148 e. The normalized spacial score (nSPS) is 16.9. The van der Waals surface area contributed by atoms with Crippen LogP contribution in [0.5, 0.6) is 0 Å². The summed E-state index contributed by atoms with van der Waals surface area (Å²) >= 11 is 0. The first-order valence-corrected chi connectivity index (χ1v) is 2.14. The molecule has 0 rings (SSSR count). The molecule has 2 heteroatoms. The van der Waals surface area contributed by atoms with Crippen molar-refractivity contribution in [2.45, 2.75) is 20.0 Å². The van der Waals surface area contributed by atoms with Crippen molar-refractivity contribution in [2.75, 3.05) is 0 Å². The molecule has 1 atom stereocenters. The van der Waals surface area contributed by atoms with Crippen molar-refractivity contribution >= 4 is 0 Å². The van der Waals surface area contributed by atoms with Crippen molar-refractivity contribution in [1.82, 2.24) is 0 Å². The first-order valence-electron chi connectivity index (χ1n) is 2.14. The van der Waals surface area contributed by atoms with E-state index in [4.69, 9.17) is 0 Å². The third kappa shape index (κ3) is 2.31. The Balaban J connectivity index is 3.56. The smallest absolute Gasteiger partial charge is 0.148 e.